The lowest BCUT2D eigenvalue weighted by atomic mass is 9.86. The number of halogens is 2. The number of rotatable bonds is 1. The number of hydrogen-bond acceptors (Lipinski definition) is 0. The van der Waals surface area contributed by atoms with Crippen LogP contribution < -0.4 is 0 Å². The molecule has 0 bridgehead atoms. The van der Waals surface area contributed by atoms with E-state index in [9.17, 15) is 0 Å². The van der Waals surface area contributed by atoms with Crippen LogP contribution in [0.15, 0.2) is 118 Å². The lowest BCUT2D eigenvalue weighted by Gasteiger charge is -2.18. The van der Waals surface area contributed by atoms with E-state index in [1.165, 1.54) is 65.0 Å². The molecule has 0 unspecified atom stereocenters. The summed E-state index contributed by atoms with van der Waals surface area (Å²) in [5, 5.41) is 12.6. The summed E-state index contributed by atoms with van der Waals surface area (Å²) in [5.41, 5.74) is 2.56. The molecule has 7 aromatic carbocycles. The Morgan fingerprint density at radius 1 is 0.353 bits per heavy atom. The molecule has 0 spiro atoms. The molecular formula is C32H18Br2. The molecule has 2 heteroatoms. The summed E-state index contributed by atoms with van der Waals surface area (Å²) in [7, 11) is 0. The molecule has 160 valence electrons. The third kappa shape index (κ3) is 2.82. The van der Waals surface area contributed by atoms with Gasteiger partial charge in [-0.3, -0.25) is 0 Å². The number of benzene rings is 7. The summed E-state index contributed by atoms with van der Waals surface area (Å²) in [6.07, 6.45) is 0. The Labute approximate surface area is 214 Å². The topological polar surface area (TPSA) is 0 Å². The average molecular weight is 562 g/mol. The molecule has 0 aromatic heterocycles. The zero-order valence-corrected chi connectivity index (χ0v) is 21.3. The Morgan fingerprint density at radius 3 is 1.35 bits per heavy atom. The number of hydrogen-bond donors (Lipinski definition) is 0. The first-order chi connectivity index (χ1) is 16.7. The molecule has 0 amide bonds. The van der Waals surface area contributed by atoms with E-state index in [4.69, 9.17) is 0 Å². The quantitative estimate of drug-likeness (QED) is 0.138. The van der Waals surface area contributed by atoms with Crippen molar-refractivity contribution in [2.75, 3.05) is 0 Å². The van der Waals surface area contributed by atoms with Crippen molar-refractivity contribution < 1.29 is 0 Å². The van der Waals surface area contributed by atoms with Gasteiger partial charge >= 0.3 is 0 Å². The molecule has 0 saturated heterocycles. The predicted octanol–water partition coefficient (Wildman–Crippen LogP) is 10.6. The summed E-state index contributed by atoms with van der Waals surface area (Å²) in [6.45, 7) is 0. The van der Waals surface area contributed by atoms with Gasteiger partial charge in [-0.2, -0.15) is 0 Å². The van der Waals surface area contributed by atoms with Gasteiger partial charge in [0.05, 0.1) is 0 Å². The average Bonchev–Trinajstić information content (AvgIpc) is 2.89. The molecule has 0 aliphatic carbocycles. The fraction of sp³-hybridized carbons (Fsp3) is 0. The van der Waals surface area contributed by atoms with E-state index < -0.39 is 0 Å². The van der Waals surface area contributed by atoms with Gasteiger partial charge in [0.15, 0.2) is 0 Å². The molecule has 0 atom stereocenters. The maximum Gasteiger partial charge on any atom is 0.0332 e. The molecule has 0 nitrogen and oxygen atoms in total. The Morgan fingerprint density at radius 2 is 0.765 bits per heavy atom. The Bertz CT molecular complexity index is 1880. The van der Waals surface area contributed by atoms with Crippen molar-refractivity contribution >= 4 is 85.7 Å². The summed E-state index contributed by atoms with van der Waals surface area (Å²) in [5.74, 6) is 0. The second-order valence-electron chi connectivity index (χ2n) is 8.75. The van der Waals surface area contributed by atoms with Crippen LogP contribution in [0.25, 0.3) is 65.0 Å². The molecule has 34 heavy (non-hydrogen) atoms. The van der Waals surface area contributed by atoms with Crippen LogP contribution in [-0.4, -0.2) is 0 Å². The van der Waals surface area contributed by atoms with Gasteiger partial charge in [0, 0.05) is 8.95 Å². The zero-order valence-electron chi connectivity index (χ0n) is 18.1. The van der Waals surface area contributed by atoms with Gasteiger partial charge in [0.1, 0.15) is 0 Å². The normalized spacial score (nSPS) is 11.8. The van der Waals surface area contributed by atoms with Crippen molar-refractivity contribution in [2.45, 2.75) is 0 Å². The first-order valence-corrected chi connectivity index (χ1v) is 12.9. The minimum Gasteiger partial charge on any atom is -0.0616 e. The molecule has 0 fully saturated rings. The fourth-order valence-electron chi connectivity index (χ4n) is 5.48. The smallest absolute Gasteiger partial charge is 0.0332 e. The van der Waals surface area contributed by atoms with E-state index in [-0.39, 0.29) is 0 Å². The Kier molecular flexibility index (Phi) is 4.55. The van der Waals surface area contributed by atoms with E-state index in [0.29, 0.717) is 0 Å². The molecule has 7 aromatic rings. The van der Waals surface area contributed by atoms with Crippen LogP contribution in [0.3, 0.4) is 0 Å². The molecular weight excluding hydrogens is 544 g/mol. The first-order valence-electron chi connectivity index (χ1n) is 11.3. The van der Waals surface area contributed by atoms with Gasteiger partial charge in [-0.05, 0) is 93.1 Å². The highest BCUT2D eigenvalue weighted by Gasteiger charge is 2.18. The van der Waals surface area contributed by atoms with Crippen LogP contribution in [0.5, 0.6) is 0 Å². The van der Waals surface area contributed by atoms with Gasteiger partial charge in [-0.15, -0.1) is 0 Å². The summed E-state index contributed by atoms with van der Waals surface area (Å²) >= 11 is 7.75. The standard InChI is InChI=1S/C32H18Br2/c33-30-18-28-19-9-1-2-10-20(19)29(17-27(28)21-11-3-4-12-22(21)30)31-23-13-5-7-15-25(23)32(34)26-16-8-6-14-24(26)31/h1-18H. The van der Waals surface area contributed by atoms with Crippen molar-refractivity contribution in [3.05, 3.63) is 118 Å². The molecule has 0 aliphatic heterocycles. The second kappa shape index (κ2) is 7.66. The van der Waals surface area contributed by atoms with E-state index >= 15 is 0 Å². The number of fused-ring (bicyclic) bond motifs is 7. The highest BCUT2D eigenvalue weighted by atomic mass is 79.9. The van der Waals surface area contributed by atoms with E-state index in [1.807, 2.05) is 0 Å². The predicted molar refractivity (Wildman–Crippen MR) is 155 cm³/mol. The summed E-state index contributed by atoms with van der Waals surface area (Å²) < 4.78 is 2.29. The minimum atomic E-state index is 1.13. The van der Waals surface area contributed by atoms with Crippen LogP contribution >= 0.6 is 31.9 Å². The zero-order chi connectivity index (χ0) is 22.8. The van der Waals surface area contributed by atoms with E-state index in [1.54, 1.807) is 0 Å². The summed E-state index contributed by atoms with van der Waals surface area (Å²) in [4.78, 5) is 0. The van der Waals surface area contributed by atoms with Gasteiger partial charge < -0.3 is 0 Å². The van der Waals surface area contributed by atoms with Gasteiger partial charge in [-0.1, -0.05) is 113 Å². The molecule has 0 aliphatic rings. The van der Waals surface area contributed by atoms with Gasteiger partial charge in [0.2, 0.25) is 0 Å². The van der Waals surface area contributed by atoms with E-state index in [2.05, 4.69) is 141 Å². The molecule has 0 N–H and O–H groups in total. The van der Waals surface area contributed by atoms with Gasteiger partial charge in [0.25, 0.3) is 0 Å². The van der Waals surface area contributed by atoms with Crippen LogP contribution in [0.4, 0.5) is 0 Å². The van der Waals surface area contributed by atoms with Crippen molar-refractivity contribution in [1.82, 2.24) is 0 Å². The second-order valence-corrected chi connectivity index (χ2v) is 10.4. The maximum absolute atomic E-state index is 3.91. The van der Waals surface area contributed by atoms with Crippen molar-refractivity contribution in [2.24, 2.45) is 0 Å². The van der Waals surface area contributed by atoms with Crippen molar-refractivity contribution in [1.29, 1.82) is 0 Å². The molecule has 0 heterocycles. The SMILES string of the molecule is Brc1c2ccccc2c(-c2cc3c4ccccc4c(Br)cc3c3ccccc23)c2ccccc12. The lowest BCUT2D eigenvalue weighted by molar-refractivity contribution is 1.71. The Balaban J connectivity index is 1.77. The van der Waals surface area contributed by atoms with Crippen LogP contribution in [-0.2, 0) is 0 Å². The molecule has 7 rings (SSSR count). The lowest BCUT2D eigenvalue weighted by Crippen LogP contribution is -1.91. The van der Waals surface area contributed by atoms with Gasteiger partial charge in [-0.25, -0.2) is 0 Å². The third-order valence-electron chi connectivity index (χ3n) is 6.97. The maximum atomic E-state index is 3.91. The fourth-order valence-corrected chi connectivity index (χ4v) is 6.75. The first kappa shape index (κ1) is 20.2. The highest BCUT2D eigenvalue weighted by Crippen LogP contribution is 2.46. The van der Waals surface area contributed by atoms with Crippen molar-refractivity contribution in [3.63, 3.8) is 0 Å². The van der Waals surface area contributed by atoms with Crippen molar-refractivity contribution in [3.8, 4) is 11.1 Å². The Hall–Kier alpha value is -3.20. The van der Waals surface area contributed by atoms with Crippen LogP contribution in [0.1, 0.15) is 0 Å². The van der Waals surface area contributed by atoms with E-state index in [0.717, 1.165) is 8.95 Å². The summed E-state index contributed by atoms with van der Waals surface area (Å²) in [6, 6.07) is 39.6. The monoisotopic (exact) mass is 560 g/mol. The molecule has 0 radical (unpaired) electrons. The van der Waals surface area contributed by atoms with Crippen LogP contribution in [0, 0.1) is 0 Å². The molecule has 0 saturated carbocycles. The highest BCUT2D eigenvalue weighted by molar-refractivity contribution is 9.11. The van der Waals surface area contributed by atoms with Crippen LogP contribution in [0.2, 0.25) is 0 Å². The minimum absolute atomic E-state index is 1.13. The largest absolute Gasteiger partial charge is 0.0616 e. The third-order valence-corrected chi connectivity index (χ3v) is 8.48.